The molecule has 2 aromatic rings. The van der Waals surface area contributed by atoms with Crippen molar-refractivity contribution in [2.75, 3.05) is 26.2 Å². The van der Waals surface area contributed by atoms with Gasteiger partial charge in [-0.1, -0.05) is 19.1 Å². The standard InChI is InChI=1S/C19H27FN6O.ClH/c1-3-21-13-16-8-10-25(11-9-16)19(27)18(26-14(2)22-23-24-26)12-15-4-6-17(20)7-5-15;/h4-7,16,18,21H,3,8-13H2,1-2H3;1H. The number of halogens is 2. The van der Waals surface area contributed by atoms with Crippen LogP contribution >= 0.6 is 12.4 Å². The first kappa shape index (κ1) is 22.2. The first-order valence-electron chi connectivity index (χ1n) is 9.57. The van der Waals surface area contributed by atoms with Gasteiger partial charge >= 0.3 is 0 Å². The molecule has 1 aromatic heterocycles. The second kappa shape index (κ2) is 10.5. The molecule has 1 N–H and O–H groups in total. The van der Waals surface area contributed by atoms with Crippen molar-refractivity contribution in [2.24, 2.45) is 5.92 Å². The number of benzene rings is 1. The smallest absolute Gasteiger partial charge is 0.247 e. The van der Waals surface area contributed by atoms with Crippen LogP contribution in [0.3, 0.4) is 0 Å². The number of piperidine rings is 1. The van der Waals surface area contributed by atoms with Crippen LogP contribution < -0.4 is 5.32 Å². The number of nitrogens with zero attached hydrogens (tertiary/aromatic N) is 5. The molecule has 0 bridgehead atoms. The van der Waals surface area contributed by atoms with E-state index in [0.717, 1.165) is 44.6 Å². The highest BCUT2D eigenvalue weighted by molar-refractivity contribution is 5.85. The molecule has 1 aromatic carbocycles. The van der Waals surface area contributed by atoms with E-state index in [0.29, 0.717) is 18.2 Å². The lowest BCUT2D eigenvalue weighted by atomic mass is 9.95. The van der Waals surface area contributed by atoms with E-state index >= 15 is 0 Å². The monoisotopic (exact) mass is 410 g/mol. The Bertz CT molecular complexity index is 745. The van der Waals surface area contributed by atoms with E-state index in [1.54, 1.807) is 23.7 Å². The molecule has 1 aliphatic heterocycles. The summed E-state index contributed by atoms with van der Waals surface area (Å²) in [5.41, 5.74) is 0.881. The average molecular weight is 411 g/mol. The number of nitrogens with one attached hydrogen (secondary N) is 1. The number of hydrogen-bond acceptors (Lipinski definition) is 5. The van der Waals surface area contributed by atoms with Gasteiger partial charge in [-0.25, -0.2) is 9.07 Å². The molecule has 154 valence electrons. The second-order valence-corrected chi connectivity index (χ2v) is 7.09. The molecule has 0 spiro atoms. The van der Waals surface area contributed by atoms with Crippen molar-refractivity contribution in [3.05, 3.63) is 41.5 Å². The van der Waals surface area contributed by atoms with Gasteiger partial charge in [0.1, 0.15) is 17.7 Å². The van der Waals surface area contributed by atoms with E-state index in [4.69, 9.17) is 0 Å². The fourth-order valence-electron chi connectivity index (χ4n) is 3.57. The number of carbonyl (C=O) groups excluding carboxylic acids is 1. The molecule has 1 atom stereocenters. The van der Waals surface area contributed by atoms with Gasteiger partial charge in [-0.2, -0.15) is 0 Å². The zero-order valence-corrected chi connectivity index (χ0v) is 17.2. The summed E-state index contributed by atoms with van der Waals surface area (Å²) in [6.45, 7) is 7.36. The Morgan fingerprint density at radius 1 is 1.29 bits per heavy atom. The van der Waals surface area contributed by atoms with Gasteiger partial charge < -0.3 is 10.2 Å². The summed E-state index contributed by atoms with van der Waals surface area (Å²) in [5, 5.41) is 15.0. The van der Waals surface area contributed by atoms with Crippen molar-refractivity contribution in [2.45, 2.75) is 39.2 Å². The van der Waals surface area contributed by atoms with Crippen molar-refractivity contribution in [1.29, 1.82) is 0 Å². The number of tetrazole rings is 1. The molecule has 28 heavy (non-hydrogen) atoms. The Kier molecular flexibility index (Phi) is 8.32. The van der Waals surface area contributed by atoms with Gasteiger partial charge in [-0.15, -0.1) is 17.5 Å². The topological polar surface area (TPSA) is 75.9 Å². The van der Waals surface area contributed by atoms with Crippen molar-refractivity contribution >= 4 is 18.3 Å². The van der Waals surface area contributed by atoms with E-state index in [2.05, 4.69) is 27.8 Å². The molecule has 1 saturated heterocycles. The van der Waals surface area contributed by atoms with Crippen molar-refractivity contribution in [3.63, 3.8) is 0 Å². The van der Waals surface area contributed by atoms with E-state index in [1.807, 2.05) is 4.90 Å². The van der Waals surface area contributed by atoms with Crippen LogP contribution in [0.15, 0.2) is 24.3 Å². The molecule has 9 heteroatoms. The molecule has 0 saturated carbocycles. The minimum absolute atomic E-state index is 0. The summed E-state index contributed by atoms with van der Waals surface area (Å²) in [6.07, 6.45) is 2.43. The molecular weight excluding hydrogens is 383 g/mol. The number of amides is 1. The second-order valence-electron chi connectivity index (χ2n) is 7.09. The summed E-state index contributed by atoms with van der Waals surface area (Å²) in [7, 11) is 0. The number of carbonyl (C=O) groups is 1. The number of likely N-dealkylation sites (tertiary alicyclic amines) is 1. The zero-order valence-electron chi connectivity index (χ0n) is 16.3. The SMILES string of the molecule is CCNCC1CCN(C(=O)C(Cc2ccc(F)cc2)n2nnnc2C)CC1.Cl. The van der Waals surface area contributed by atoms with Crippen LogP contribution in [0.25, 0.3) is 0 Å². The summed E-state index contributed by atoms with van der Waals surface area (Å²) in [5.74, 6) is 0.941. The third-order valence-corrected chi connectivity index (χ3v) is 5.19. The lowest BCUT2D eigenvalue weighted by Crippen LogP contribution is -2.44. The predicted octanol–water partition coefficient (Wildman–Crippen LogP) is 2.17. The van der Waals surface area contributed by atoms with Gasteiger partial charge in [0, 0.05) is 19.5 Å². The Morgan fingerprint density at radius 3 is 2.54 bits per heavy atom. The molecule has 0 aliphatic carbocycles. The van der Waals surface area contributed by atoms with E-state index in [9.17, 15) is 9.18 Å². The van der Waals surface area contributed by atoms with Crippen LogP contribution in [0, 0.1) is 18.7 Å². The zero-order chi connectivity index (χ0) is 19.2. The molecule has 0 radical (unpaired) electrons. The summed E-state index contributed by atoms with van der Waals surface area (Å²) in [6, 6.07) is 5.72. The highest BCUT2D eigenvalue weighted by Crippen LogP contribution is 2.23. The molecule has 1 amide bonds. The first-order valence-corrected chi connectivity index (χ1v) is 9.57. The average Bonchev–Trinajstić information content (AvgIpc) is 3.11. The van der Waals surface area contributed by atoms with E-state index < -0.39 is 6.04 Å². The summed E-state index contributed by atoms with van der Waals surface area (Å²) in [4.78, 5) is 15.2. The van der Waals surface area contributed by atoms with Crippen molar-refractivity contribution < 1.29 is 9.18 Å². The van der Waals surface area contributed by atoms with Crippen molar-refractivity contribution in [1.82, 2.24) is 30.4 Å². The molecule has 1 fully saturated rings. The highest BCUT2D eigenvalue weighted by Gasteiger charge is 2.31. The Labute approximate surface area is 171 Å². The molecular formula is C19H28ClFN6O. The molecule has 2 heterocycles. The highest BCUT2D eigenvalue weighted by atomic mass is 35.5. The molecule has 3 rings (SSSR count). The van der Waals surface area contributed by atoms with E-state index in [-0.39, 0.29) is 24.1 Å². The number of aryl methyl sites for hydroxylation is 1. The lowest BCUT2D eigenvalue weighted by molar-refractivity contribution is -0.136. The van der Waals surface area contributed by atoms with Gasteiger partial charge in [0.2, 0.25) is 5.91 Å². The van der Waals surface area contributed by atoms with Gasteiger partial charge in [-0.3, -0.25) is 4.79 Å². The van der Waals surface area contributed by atoms with Crippen LogP contribution in [0.2, 0.25) is 0 Å². The van der Waals surface area contributed by atoms with Crippen LogP contribution in [-0.4, -0.2) is 57.2 Å². The van der Waals surface area contributed by atoms with Gasteiger partial charge in [0.25, 0.3) is 0 Å². The normalized spacial score (nSPS) is 15.9. The molecule has 1 aliphatic rings. The largest absolute Gasteiger partial charge is 0.341 e. The molecule has 7 nitrogen and oxygen atoms in total. The van der Waals surface area contributed by atoms with Gasteiger partial charge in [0.15, 0.2) is 0 Å². The van der Waals surface area contributed by atoms with Gasteiger partial charge in [-0.05, 0) is 66.9 Å². The minimum atomic E-state index is -0.518. The maximum atomic E-state index is 13.3. The number of rotatable bonds is 7. The quantitative estimate of drug-likeness (QED) is 0.757. The Balaban J connectivity index is 0.00000280. The van der Waals surface area contributed by atoms with Crippen molar-refractivity contribution in [3.8, 4) is 0 Å². The number of aromatic nitrogens is 4. The van der Waals surface area contributed by atoms with Crippen LogP contribution in [-0.2, 0) is 11.2 Å². The third kappa shape index (κ3) is 5.48. The maximum Gasteiger partial charge on any atom is 0.247 e. The number of hydrogen-bond donors (Lipinski definition) is 1. The minimum Gasteiger partial charge on any atom is -0.341 e. The van der Waals surface area contributed by atoms with E-state index in [1.165, 1.54) is 12.1 Å². The Hall–Kier alpha value is -2.06. The molecule has 1 unspecified atom stereocenters. The summed E-state index contributed by atoms with van der Waals surface area (Å²) >= 11 is 0. The van der Waals surface area contributed by atoms with Crippen LogP contribution in [0.4, 0.5) is 4.39 Å². The fraction of sp³-hybridized carbons (Fsp3) is 0.579. The van der Waals surface area contributed by atoms with Gasteiger partial charge in [0.05, 0.1) is 0 Å². The maximum absolute atomic E-state index is 13.3. The van der Waals surface area contributed by atoms with Crippen LogP contribution in [0.1, 0.15) is 37.2 Å². The van der Waals surface area contributed by atoms with Crippen LogP contribution in [0.5, 0.6) is 0 Å². The third-order valence-electron chi connectivity index (χ3n) is 5.19. The predicted molar refractivity (Wildman–Crippen MR) is 107 cm³/mol. The lowest BCUT2D eigenvalue weighted by Gasteiger charge is -2.34. The first-order chi connectivity index (χ1) is 13.1. The fourth-order valence-corrected chi connectivity index (χ4v) is 3.57. The summed E-state index contributed by atoms with van der Waals surface area (Å²) < 4.78 is 14.8. The Morgan fingerprint density at radius 2 is 1.96 bits per heavy atom.